The Morgan fingerprint density at radius 1 is 1.11 bits per heavy atom. The molecule has 0 radical (unpaired) electrons. The highest BCUT2D eigenvalue weighted by atomic mass is 19.1. The molecule has 0 spiro atoms. The van der Waals surface area contributed by atoms with Crippen LogP contribution >= 0.6 is 0 Å². The first-order valence-electron chi connectivity index (χ1n) is 13.3. The van der Waals surface area contributed by atoms with Crippen LogP contribution in [-0.4, -0.2) is 66.9 Å². The van der Waals surface area contributed by atoms with Crippen LogP contribution in [0.25, 0.3) is 22.6 Å². The lowest BCUT2D eigenvalue weighted by Crippen LogP contribution is -2.73. The van der Waals surface area contributed by atoms with E-state index < -0.39 is 11.7 Å². The van der Waals surface area contributed by atoms with E-state index in [-0.39, 0.29) is 23.4 Å². The Labute approximate surface area is 221 Å². The van der Waals surface area contributed by atoms with Crippen molar-refractivity contribution in [3.05, 3.63) is 36.2 Å². The molecular formula is C28H34FN7O2. The van der Waals surface area contributed by atoms with Gasteiger partial charge in [-0.3, -0.25) is 0 Å². The topological polar surface area (TPSA) is 109 Å². The number of anilines is 1. The van der Waals surface area contributed by atoms with Gasteiger partial charge in [-0.15, -0.1) is 15.3 Å². The minimum Gasteiger partial charge on any atom is -0.507 e. The molecule has 2 aliphatic heterocycles. The van der Waals surface area contributed by atoms with Gasteiger partial charge in [0.15, 0.2) is 11.6 Å². The summed E-state index contributed by atoms with van der Waals surface area (Å²) in [6.45, 7) is 6.05. The number of aromatic hydroxyl groups is 1. The van der Waals surface area contributed by atoms with Crippen LogP contribution in [0.4, 0.5) is 10.2 Å². The lowest BCUT2D eigenvalue weighted by atomic mass is 9.68. The normalized spacial score (nSPS) is 28.7. The lowest BCUT2D eigenvalue weighted by molar-refractivity contribution is 0.000258. The third-order valence-electron chi connectivity index (χ3n) is 8.42. The van der Waals surface area contributed by atoms with Crippen LogP contribution in [0, 0.1) is 6.92 Å². The molecular weight excluding hydrogens is 485 g/mol. The summed E-state index contributed by atoms with van der Waals surface area (Å²) in [4.78, 5) is 6.68. The zero-order valence-corrected chi connectivity index (χ0v) is 22.3. The quantitative estimate of drug-likeness (QED) is 0.490. The number of aryl methyl sites for hydroxylation is 1. The van der Waals surface area contributed by atoms with Crippen LogP contribution in [-0.2, 0) is 0 Å². The number of benzene rings is 1. The highest BCUT2D eigenvalue weighted by molar-refractivity contribution is 5.71. The number of nitrogens with one attached hydrogen (secondary N) is 1. The number of ether oxygens (including phenoxy) is 1. The molecule has 1 saturated carbocycles. The minimum absolute atomic E-state index is 0.00768. The van der Waals surface area contributed by atoms with E-state index in [1.807, 2.05) is 19.9 Å². The first kappa shape index (κ1) is 24.9. The standard InChI is InChI=1S/C28H34FN7O2/c1-16-23(38-4)13-20(32-31-16)17-6-9-19(22(37)12-17)26-30-15-24(33-34-26)36(18-7-8-18)21-14-27(2)10-5-11-28(3,35-27)25(21)29/h6,9,12-13,15,18,21,25,35,37H,5,7-8,10-11,14H2,1-4H3/t21-,25-,27-,28+/m0/s1. The highest BCUT2D eigenvalue weighted by Crippen LogP contribution is 2.46. The van der Waals surface area contributed by atoms with Crippen molar-refractivity contribution < 1.29 is 14.2 Å². The Kier molecular flexibility index (Phi) is 5.97. The third-order valence-corrected chi connectivity index (χ3v) is 8.42. The summed E-state index contributed by atoms with van der Waals surface area (Å²) in [6.07, 6.45) is 6.32. The van der Waals surface area contributed by atoms with Crippen molar-refractivity contribution in [2.45, 2.75) is 88.6 Å². The maximum Gasteiger partial charge on any atom is 0.185 e. The summed E-state index contributed by atoms with van der Waals surface area (Å²) in [5, 5.41) is 31.6. The Morgan fingerprint density at radius 2 is 1.92 bits per heavy atom. The predicted molar refractivity (Wildman–Crippen MR) is 142 cm³/mol. The molecule has 1 aliphatic carbocycles. The molecule has 0 amide bonds. The van der Waals surface area contributed by atoms with Gasteiger partial charge in [0, 0.05) is 28.7 Å². The molecule has 2 N–H and O–H groups in total. The monoisotopic (exact) mass is 519 g/mol. The Balaban J connectivity index is 1.27. The first-order chi connectivity index (χ1) is 18.2. The number of nitrogens with zero attached hydrogens (tertiary/aromatic N) is 6. The minimum atomic E-state index is -1.02. The van der Waals surface area contributed by atoms with Gasteiger partial charge in [0.1, 0.15) is 23.4 Å². The van der Waals surface area contributed by atoms with Crippen molar-refractivity contribution in [2.75, 3.05) is 12.0 Å². The average molecular weight is 520 g/mol. The number of halogens is 1. The fourth-order valence-electron chi connectivity index (χ4n) is 6.40. The molecule has 2 aromatic heterocycles. The molecule has 2 bridgehead atoms. The van der Waals surface area contributed by atoms with Crippen molar-refractivity contribution in [1.82, 2.24) is 30.7 Å². The fraction of sp³-hybridized carbons (Fsp3) is 0.536. The van der Waals surface area contributed by atoms with Crippen molar-refractivity contribution in [2.24, 2.45) is 0 Å². The Hall–Kier alpha value is -3.40. The predicted octanol–water partition coefficient (Wildman–Crippen LogP) is 4.39. The van der Waals surface area contributed by atoms with Crippen LogP contribution in [0.15, 0.2) is 30.5 Å². The summed E-state index contributed by atoms with van der Waals surface area (Å²) >= 11 is 0. The Bertz CT molecular complexity index is 1350. The van der Waals surface area contributed by atoms with Gasteiger partial charge in [0.05, 0.1) is 30.6 Å². The molecule has 3 aliphatic rings. The van der Waals surface area contributed by atoms with Gasteiger partial charge in [-0.1, -0.05) is 6.07 Å². The van der Waals surface area contributed by atoms with E-state index in [1.165, 1.54) is 0 Å². The number of hydrogen-bond acceptors (Lipinski definition) is 9. The lowest BCUT2D eigenvalue weighted by Gasteiger charge is -2.57. The zero-order chi connectivity index (χ0) is 26.7. The Morgan fingerprint density at radius 3 is 2.61 bits per heavy atom. The van der Waals surface area contributed by atoms with E-state index in [2.05, 4.69) is 42.5 Å². The van der Waals surface area contributed by atoms with E-state index in [4.69, 9.17) is 4.74 Å². The summed E-state index contributed by atoms with van der Waals surface area (Å²) < 4.78 is 21.4. The van der Waals surface area contributed by atoms with Gasteiger partial charge < -0.3 is 20.1 Å². The zero-order valence-electron chi connectivity index (χ0n) is 22.3. The fourth-order valence-corrected chi connectivity index (χ4v) is 6.40. The second-order valence-corrected chi connectivity index (χ2v) is 11.5. The summed E-state index contributed by atoms with van der Waals surface area (Å²) in [6, 6.07) is 6.92. The van der Waals surface area contributed by atoms with Crippen LogP contribution in [0.2, 0.25) is 0 Å². The SMILES string of the molecule is COc1cc(-c2ccc(-c3ncc(N(C4CC4)[C@H]4C[C@]5(C)CCC[C@@](C)(N5)[C@H]4F)nn3)c(O)c2)nnc1C. The van der Waals surface area contributed by atoms with Gasteiger partial charge >= 0.3 is 0 Å². The summed E-state index contributed by atoms with van der Waals surface area (Å²) in [7, 11) is 1.58. The highest BCUT2D eigenvalue weighted by Gasteiger charge is 2.55. The van der Waals surface area contributed by atoms with E-state index in [1.54, 1.807) is 31.5 Å². The van der Waals surface area contributed by atoms with Crippen molar-refractivity contribution in [3.8, 4) is 34.1 Å². The van der Waals surface area contributed by atoms with E-state index in [0.717, 1.165) is 38.5 Å². The van der Waals surface area contributed by atoms with Crippen molar-refractivity contribution in [1.29, 1.82) is 0 Å². The van der Waals surface area contributed by atoms with Crippen molar-refractivity contribution >= 4 is 5.82 Å². The van der Waals surface area contributed by atoms with Gasteiger partial charge in [-0.2, -0.15) is 5.10 Å². The number of methoxy groups -OCH3 is 1. The summed E-state index contributed by atoms with van der Waals surface area (Å²) in [5.41, 5.74) is 1.79. The number of rotatable bonds is 6. The number of fused-ring (bicyclic) bond motifs is 2. The van der Waals surface area contributed by atoms with E-state index in [0.29, 0.717) is 39.9 Å². The van der Waals surface area contributed by atoms with Gasteiger partial charge in [-0.25, -0.2) is 9.37 Å². The maximum absolute atomic E-state index is 16.0. The molecule has 3 fully saturated rings. The van der Waals surface area contributed by atoms with Crippen LogP contribution in [0.3, 0.4) is 0 Å². The molecule has 0 unspecified atom stereocenters. The van der Waals surface area contributed by atoms with Crippen molar-refractivity contribution in [3.63, 3.8) is 0 Å². The molecule has 3 aromatic rings. The second kappa shape index (κ2) is 9.11. The van der Waals surface area contributed by atoms with Gasteiger partial charge in [0.25, 0.3) is 0 Å². The summed E-state index contributed by atoms with van der Waals surface area (Å²) in [5.74, 6) is 1.53. The number of piperidine rings is 2. The second-order valence-electron chi connectivity index (χ2n) is 11.5. The number of phenolic OH excluding ortho intramolecular Hbond substituents is 1. The van der Waals surface area contributed by atoms with Crippen LogP contribution < -0.4 is 15.0 Å². The average Bonchev–Trinajstić information content (AvgIpc) is 3.73. The molecule has 1 aromatic carbocycles. The van der Waals surface area contributed by atoms with E-state index >= 15 is 4.39 Å². The molecule has 6 rings (SSSR count). The maximum atomic E-state index is 16.0. The van der Waals surface area contributed by atoms with Gasteiger partial charge in [-0.05, 0) is 71.4 Å². The molecule has 4 heterocycles. The van der Waals surface area contributed by atoms with Crippen LogP contribution in [0.1, 0.15) is 58.1 Å². The first-order valence-corrected chi connectivity index (χ1v) is 13.3. The molecule has 4 atom stereocenters. The molecule has 10 heteroatoms. The molecule has 38 heavy (non-hydrogen) atoms. The number of hydrogen-bond donors (Lipinski definition) is 2. The molecule has 2 saturated heterocycles. The van der Waals surface area contributed by atoms with Gasteiger partial charge in [0.2, 0.25) is 0 Å². The van der Waals surface area contributed by atoms with E-state index in [9.17, 15) is 5.11 Å². The number of phenols is 1. The smallest absolute Gasteiger partial charge is 0.185 e. The number of aromatic nitrogens is 5. The third kappa shape index (κ3) is 4.34. The molecule has 9 nitrogen and oxygen atoms in total. The van der Waals surface area contributed by atoms with Crippen LogP contribution in [0.5, 0.6) is 11.5 Å². The number of alkyl halides is 1. The molecule has 200 valence electrons. The largest absolute Gasteiger partial charge is 0.507 e.